The van der Waals surface area contributed by atoms with Gasteiger partial charge in [-0.2, -0.15) is 0 Å². The van der Waals surface area contributed by atoms with Crippen LogP contribution < -0.4 is 5.32 Å². The summed E-state index contributed by atoms with van der Waals surface area (Å²) in [5.41, 5.74) is 0.581. The average molecular weight is 398 g/mol. The van der Waals surface area contributed by atoms with Crippen LogP contribution in [-0.2, 0) is 4.74 Å². The highest BCUT2D eigenvalue weighted by Crippen LogP contribution is 2.37. The number of nitrogens with one attached hydrogen (secondary N) is 1. The number of pyridine rings is 1. The van der Waals surface area contributed by atoms with Crippen LogP contribution >= 0.6 is 0 Å². The highest BCUT2D eigenvalue weighted by Gasteiger charge is 2.41. The number of piperidine rings is 1. The second-order valence-electron chi connectivity index (χ2n) is 7.93. The van der Waals surface area contributed by atoms with Crippen LogP contribution in [0.4, 0.5) is 0 Å². The molecule has 1 spiro atoms. The van der Waals surface area contributed by atoms with Gasteiger partial charge < -0.3 is 19.5 Å². The van der Waals surface area contributed by atoms with Gasteiger partial charge in [0.1, 0.15) is 11.5 Å². The van der Waals surface area contributed by atoms with Crippen molar-refractivity contribution in [3.05, 3.63) is 47.6 Å². The highest BCUT2D eigenvalue weighted by molar-refractivity contribution is 5.92. The maximum absolute atomic E-state index is 12.6. The molecule has 0 saturated carbocycles. The molecule has 0 bridgehead atoms. The van der Waals surface area contributed by atoms with Gasteiger partial charge in [0.25, 0.3) is 11.8 Å². The predicted molar refractivity (Wildman–Crippen MR) is 104 cm³/mol. The van der Waals surface area contributed by atoms with Gasteiger partial charge >= 0.3 is 0 Å². The number of amides is 2. The summed E-state index contributed by atoms with van der Waals surface area (Å²) in [5.74, 6) is 0.756. The van der Waals surface area contributed by atoms with Crippen molar-refractivity contribution in [1.29, 1.82) is 0 Å². The summed E-state index contributed by atoms with van der Waals surface area (Å²) in [6.45, 7) is 4.34. The molecule has 0 aromatic carbocycles. The molecule has 29 heavy (non-hydrogen) atoms. The summed E-state index contributed by atoms with van der Waals surface area (Å²) in [6, 6.07) is 6.98. The molecule has 154 valence electrons. The summed E-state index contributed by atoms with van der Waals surface area (Å²) in [4.78, 5) is 30.7. The van der Waals surface area contributed by atoms with Crippen LogP contribution in [0.15, 0.2) is 35.0 Å². The van der Waals surface area contributed by atoms with Crippen molar-refractivity contribution >= 4 is 11.8 Å². The van der Waals surface area contributed by atoms with Gasteiger partial charge in [0.15, 0.2) is 5.69 Å². The van der Waals surface area contributed by atoms with Gasteiger partial charge in [-0.25, -0.2) is 0 Å². The maximum Gasteiger partial charge on any atom is 0.276 e. The Bertz CT molecular complexity index is 859. The normalized spacial score (nSPS) is 21.1. The van der Waals surface area contributed by atoms with E-state index >= 15 is 0 Å². The fourth-order valence-corrected chi connectivity index (χ4v) is 4.22. The molecule has 0 radical (unpaired) electrons. The molecule has 1 atom stereocenters. The number of nitrogens with zero attached hydrogens (tertiary/aromatic N) is 3. The Morgan fingerprint density at radius 2 is 2.10 bits per heavy atom. The number of aromatic nitrogens is 2. The second-order valence-corrected chi connectivity index (χ2v) is 7.93. The minimum atomic E-state index is -0.213. The van der Waals surface area contributed by atoms with Gasteiger partial charge in [0.05, 0.1) is 5.60 Å². The third-order valence-electron chi connectivity index (χ3n) is 5.85. The lowest BCUT2D eigenvalue weighted by molar-refractivity contribution is -0.122. The SMILES string of the molecule is Cc1cc(C(=O)N2CCC3(CC2)CC(CNC(=O)c2ccccn2)CCO3)no1. The molecule has 2 aromatic rings. The van der Waals surface area contributed by atoms with Crippen LogP contribution in [-0.4, -0.2) is 58.7 Å². The minimum absolute atomic E-state index is 0.0910. The van der Waals surface area contributed by atoms with E-state index in [9.17, 15) is 9.59 Å². The van der Waals surface area contributed by atoms with Crippen molar-refractivity contribution in [1.82, 2.24) is 20.4 Å². The summed E-state index contributed by atoms with van der Waals surface area (Å²) >= 11 is 0. The maximum atomic E-state index is 12.6. The lowest BCUT2D eigenvalue weighted by atomic mass is 9.79. The average Bonchev–Trinajstić information content (AvgIpc) is 3.19. The first-order chi connectivity index (χ1) is 14.0. The van der Waals surface area contributed by atoms with Crippen molar-refractivity contribution in [2.75, 3.05) is 26.2 Å². The van der Waals surface area contributed by atoms with Crippen LogP contribution in [0.5, 0.6) is 0 Å². The molecule has 2 aliphatic heterocycles. The Hall–Kier alpha value is -2.74. The minimum Gasteiger partial charge on any atom is -0.375 e. The molecular formula is C21H26N4O4. The molecule has 2 aliphatic rings. The number of ether oxygens (including phenoxy) is 1. The van der Waals surface area contributed by atoms with E-state index in [1.807, 2.05) is 4.90 Å². The number of hydrogen-bond acceptors (Lipinski definition) is 6. The van der Waals surface area contributed by atoms with Crippen LogP contribution in [0, 0.1) is 12.8 Å². The Labute approximate surface area is 169 Å². The van der Waals surface area contributed by atoms with Crippen molar-refractivity contribution in [3.8, 4) is 0 Å². The fourth-order valence-electron chi connectivity index (χ4n) is 4.22. The van der Waals surface area contributed by atoms with E-state index in [0.717, 1.165) is 25.7 Å². The molecule has 8 heteroatoms. The molecule has 8 nitrogen and oxygen atoms in total. The van der Waals surface area contributed by atoms with E-state index in [0.29, 0.717) is 49.3 Å². The Morgan fingerprint density at radius 3 is 2.79 bits per heavy atom. The second kappa shape index (κ2) is 8.32. The van der Waals surface area contributed by atoms with Gasteiger partial charge in [-0.05, 0) is 50.7 Å². The van der Waals surface area contributed by atoms with Crippen molar-refractivity contribution < 1.29 is 18.8 Å². The first-order valence-corrected chi connectivity index (χ1v) is 10.1. The van der Waals surface area contributed by atoms with Gasteiger partial charge in [0.2, 0.25) is 0 Å². The zero-order valence-electron chi connectivity index (χ0n) is 16.6. The summed E-state index contributed by atoms with van der Waals surface area (Å²) in [6.07, 6.45) is 5.01. The largest absolute Gasteiger partial charge is 0.375 e. The van der Waals surface area contributed by atoms with Gasteiger partial charge in [0, 0.05) is 38.5 Å². The molecule has 0 aliphatic carbocycles. The topological polar surface area (TPSA) is 97.6 Å². The summed E-state index contributed by atoms with van der Waals surface area (Å²) < 4.78 is 11.2. The Balaban J connectivity index is 1.29. The molecule has 2 aromatic heterocycles. The van der Waals surface area contributed by atoms with Crippen LogP contribution in [0.25, 0.3) is 0 Å². The number of aryl methyl sites for hydroxylation is 1. The first-order valence-electron chi connectivity index (χ1n) is 10.1. The highest BCUT2D eigenvalue weighted by atomic mass is 16.5. The van der Waals surface area contributed by atoms with E-state index < -0.39 is 0 Å². The van der Waals surface area contributed by atoms with Crippen molar-refractivity contribution in [2.24, 2.45) is 5.92 Å². The molecule has 1 unspecified atom stereocenters. The van der Waals surface area contributed by atoms with E-state index in [1.165, 1.54) is 0 Å². The third-order valence-corrected chi connectivity index (χ3v) is 5.85. The number of hydrogen-bond donors (Lipinski definition) is 1. The number of carbonyl (C=O) groups is 2. The Morgan fingerprint density at radius 1 is 1.28 bits per heavy atom. The van der Waals surface area contributed by atoms with E-state index in [1.54, 1.807) is 37.4 Å². The van der Waals surface area contributed by atoms with Crippen LogP contribution in [0.3, 0.4) is 0 Å². The number of rotatable bonds is 4. The number of likely N-dealkylation sites (tertiary alicyclic amines) is 1. The standard InChI is InChI=1S/C21H26N4O4/c1-15-12-18(24-29-15)20(27)25-9-6-21(7-10-25)13-16(5-11-28-21)14-23-19(26)17-4-2-3-8-22-17/h2-4,8,12,16H,5-7,9-11,13-14H2,1H3,(H,23,26). The van der Waals surface area contributed by atoms with E-state index in [2.05, 4.69) is 15.5 Å². The molecule has 1 N–H and O–H groups in total. The predicted octanol–water partition coefficient (Wildman–Crippen LogP) is 2.21. The monoisotopic (exact) mass is 398 g/mol. The smallest absolute Gasteiger partial charge is 0.276 e. The third kappa shape index (κ3) is 4.48. The lowest BCUT2D eigenvalue weighted by Crippen LogP contribution is -2.51. The summed E-state index contributed by atoms with van der Waals surface area (Å²) in [7, 11) is 0. The van der Waals surface area contributed by atoms with Gasteiger partial charge in [-0.15, -0.1) is 0 Å². The quantitative estimate of drug-likeness (QED) is 0.848. The molecule has 2 fully saturated rings. The Kier molecular flexibility index (Phi) is 5.62. The van der Waals surface area contributed by atoms with E-state index in [4.69, 9.17) is 9.26 Å². The van der Waals surface area contributed by atoms with Crippen LogP contribution in [0.1, 0.15) is 52.4 Å². The van der Waals surface area contributed by atoms with E-state index in [-0.39, 0.29) is 17.4 Å². The fraction of sp³-hybridized carbons (Fsp3) is 0.524. The zero-order chi connectivity index (χ0) is 20.3. The zero-order valence-corrected chi connectivity index (χ0v) is 16.6. The first kappa shape index (κ1) is 19.6. The van der Waals surface area contributed by atoms with Crippen molar-refractivity contribution in [3.63, 3.8) is 0 Å². The van der Waals surface area contributed by atoms with Crippen molar-refractivity contribution in [2.45, 2.75) is 38.2 Å². The van der Waals surface area contributed by atoms with Gasteiger partial charge in [-0.1, -0.05) is 11.2 Å². The molecule has 4 heterocycles. The molecule has 2 amide bonds. The number of carbonyl (C=O) groups excluding carboxylic acids is 2. The van der Waals surface area contributed by atoms with Crippen LogP contribution in [0.2, 0.25) is 0 Å². The molecule has 2 saturated heterocycles. The molecule has 4 rings (SSSR count). The molecular weight excluding hydrogens is 372 g/mol. The summed E-state index contributed by atoms with van der Waals surface area (Å²) in [5, 5.41) is 6.83. The lowest BCUT2D eigenvalue weighted by Gasteiger charge is -2.46. The van der Waals surface area contributed by atoms with Gasteiger partial charge in [-0.3, -0.25) is 14.6 Å².